The van der Waals surface area contributed by atoms with Crippen LogP contribution in [0.2, 0.25) is 0 Å². The minimum atomic E-state index is 1.25. The molecule has 1 aromatic rings. The Morgan fingerprint density at radius 1 is 1.17 bits per heavy atom. The highest BCUT2D eigenvalue weighted by atomic mass is 16.1. The van der Waals surface area contributed by atoms with Crippen LogP contribution < -0.4 is 0 Å². The lowest BCUT2D eigenvalue weighted by atomic mass is 10.2. The first-order valence-electron chi connectivity index (χ1n) is 3.97. The summed E-state index contributed by atoms with van der Waals surface area (Å²) in [6.45, 7) is 8.76. The lowest BCUT2D eigenvalue weighted by Crippen LogP contribution is -1.62. The van der Waals surface area contributed by atoms with Crippen LogP contribution in [0.15, 0.2) is 36.9 Å². The van der Waals surface area contributed by atoms with Gasteiger partial charge in [0.2, 0.25) is 0 Å². The second-order valence-corrected chi connectivity index (χ2v) is 1.80. The predicted molar refractivity (Wildman–Crippen MR) is 53.8 cm³/mol. The number of hydrogen-bond acceptors (Lipinski definition) is 1. The van der Waals surface area contributed by atoms with Crippen molar-refractivity contribution in [2.24, 2.45) is 0 Å². The van der Waals surface area contributed by atoms with E-state index in [1.807, 2.05) is 32.0 Å². The third kappa shape index (κ3) is 11.5. The van der Waals surface area contributed by atoms with Gasteiger partial charge in [-0.2, -0.15) is 0 Å². The SMILES string of the molecule is C=C=O.CC.Cc1ccccc1. The highest BCUT2D eigenvalue weighted by Gasteiger charge is 1.72. The second-order valence-electron chi connectivity index (χ2n) is 1.80. The van der Waals surface area contributed by atoms with E-state index in [2.05, 4.69) is 25.6 Å². The van der Waals surface area contributed by atoms with E-state index >= 15 is 0 Å². The Balaban J connectivity index is 0. The molecule has 0 amide bonds. The molecule has 0 radical (unpaired) electrons. The average molecular weight is 164 g/mol. The molecule has 0 atom stereocenters. The van der Waals surface area contributed by atoms with Gasteiger partial charge in [0.15, 0.2) is 0 Å². The van der Waals surface area contributed by atoms with Gasteiger partial charge < -0.3 is 0 Å². The minimum absolute atomic E-state index is 1.25. The van der Waals surface area contributed by atoms with Crippen LogP contribution in [0.3, 0.4) is 0 Å². The number of aryl methyl sites for hydroxylation is 1. The number of benzene rings is 1. The van der Waals surface area contributed by atoms with Gasteiger partial charge in [-0.25, -0.2) is 4.79 Å². The van der Waals surface area contributed by atoms with Gasteiger partial charge in [-0.3, -0.25) is 0 Å². The quantitative estimate of drug-likeness (QED) is 0.539. The molecule has 1 nitrogen and oxygen atoms in total. The van der Waals surface area contributed by atoms with Gasteiger partial charge in [-0.1, -0.05) is 49.7 Å². The Bertz CT molecular complexity index is 196. The van der Waals surface area contributed by atoms with Crippen LogP contribution in [0.5, 0.6) is 0 Å². The van der Waals surface area contributed by atoms with Crippen molar-refractivity contribution in [3.05, 3.63) is 42.5 Å². The maximum Gasteiger partial charge on any atom is 0.116 e. The maximum absolute atomic E-state index is 8.57. The Labute approximate surface area is 74.7 Å². The molecule has 0 aromatic heterocycles. The summed E-state index contributed by atoms with van der Waals surface area (Å²) in [5.74, 6) is 1.25. The van der Waals surface area contributed by atoms with Crippen molar-refractivity contribution in [2.45, 2.75) is 20.8 Å². The minimum Gasteiger partial charge on any atom is -0.234 e. The molecule has 0 spiro atoms. The van der Waals surface area contributed by atoms with E-state index in [-0.39, 0.29) is 0 Å². The third-order valence-electron chi connectivity index (χ3n) is 0.940. The summed E-state index contributed by atoms with van der Waals surface area (Å²) in [4.78, 5) is 8.57. The smallest absolute Gasteiger partial charge is 0.116 e. The molecule has 0 aliphatic rings. The Hall–Kier alpha value is -1.33. The molecular formula is C11H16O. The molecule has 0 aliphatic heterocycles. The fourth-order valence-corrected chi connectivity index (χ4v) is 0.534. The normalized spacial score (nSPS) is 6.25. The molecular weight excluding hydrogens is 148 g/mol. The van der Waals surface area contributed by atoms with Crippen molar-refractivity contribution in [2.75, 3.05) is 0 Å². The van der Waals surface area contributed by atoms with Crippen LogP contribution >= 0.6 is 0 Å². The zero-order valence-electron chi connectivity index (χ0n) is 8.00. The van der Waals surface area contributed by atoms with Gasteiger partial charge in [0.05, 0.1) is 0 Å². The monoisotopic (exact) mass is 164 g/mol. The Kier molecular flexibility index (Phi) is 13.7. The summed E-state index contributed by atoms with van der Waals surface area (Å²) in [6.07, 6.45) is 0. The van der Waals surface area contributed by atoms with E-state index in [0.29, 0.717) is 0 Å². The third-order valence-corrected chi connectivity index (χ3v) is 0.940. The lowest BCUT2D eigenvalue weighted by Gasteiger charge is -1.82. The van der Waals surface area contributed by atoms with Crippen molar-refractivity contribution in [1.82, 2.24) is 0 Å². The molecule has 0 unspecified atom stereocenters. The summed E-state index contributed by atoms with van der Waals surface area (Å²) in [5.41, 5.74) is 1.32. The second kappa shape index (κ2) is 12.4. The molecule has 1 aromatic carbocycles. The molecule has 1 heteroatoms. The van der Waals surface area contributed by atoms with E-state index in [1.165, 1.54) is 11.5 Å². The first kappa shape index (κ1) is 13.3. The molecule has 0 saturated heterocycles. The zero-order valence-corrected chi connectivity index (χ0v) is 8.00. The molecule has 0 heterocycles. The summed E-state index contributed by atoms with van der Waals surface area (Å²) >= 11 is 0. The van der Waals surface area contributed by atoms with Crippen molar-refractivity contribution < 1.29 is 4.79 Å². The number of carbonyl (C=O) groups excluding carboxylic acids is 1. The van der Waals surface area contributed by atoms with Gasteiger partial charge in [-0.15, -0.1) is 0 Å². The summed E-state index contributed by atoms with van der Waals surface area (Å²) in [7, 11) is 0. The maximum atomic E-state index is 8.57. The fraction of sp³-hybridized carbons (Fsp3) is 0.273. The van der Waals surface area contributed by atoms with E-state index in [0.717, 1.165) is 0 Å². The van der Waals surface area contributed by atoms with E-state index in [1.54, 1.807) is 0 Å². The molecule has 66 valence electrons. The lowest BCUT2D eigenvalue weighted by molar-refractivity contribution is 0.569. The molecule has 0 N–H and O–H groups in total. The predicted octanol–water partition coefficient (Wildman–Crippen LogP) is 3.03. The van der Waals surface area contributed by atoms with Gasteiger partial charge in [0, 0.05) is 0 Å². The van der Waals surface area contributed by atoms with Crippen LogP contribution in [-0.4, -0.2) is 5.94 Å². The molecule has 0 saturated carbocycles. The Morgan fingerprint density at radius 2 is 1.50 bits per heavy atom. The van der Waals surface area contributed by atoms with Crippen LogP contribution in [0.1, 0.15) is 19.4 Å². The largest absolute Gasteiger partial charge is 0.234 e. The van der Waals surface area contributed by atoms with Gasteiger partial charge >= 0.3 is 0 Å². The summed E-state index contributed by atoms with van der Waals surface area (Å²) in [6, 6.07) is 10.3. The Morgan fingerprint density at radius 3 is 1.67 bits per heavy atom. The highest BCUT2D eigenvalue weighted by Crippen LogP contribution is 1.92. The van der Waals surface area contributed by atoms with Crippen molar-refractivity contribution in [3.8, 4) is 0 Å². The number of hydrogen-bond donors (Lipinski definition) is 0. The first-order valence-corrected chi connectivity index (χ1v) is 3.97. The van der Waals surface area contributed by atoms with Crippen molar-refractivity contribution in [1.29, 1.82) is 0 Å². The number of rotatable bonds is 0. The van der Waals surface area contributed by atoms with Gasteiger partial charge in [0.1, 0.15) is 5.94 Å². The fourth-order valence-electron chi connectivity index (χ4n) is 0.534. The van der Waals surface area contributed by atoms with E-state index in [9.17, 15) is 0 Å². The molecule has 1 rings (SSSR count). The zero-order chi connectivity index (χ0) is 9.82. The topological polar surface area (TPSA) is 17.1 Å². The molecule has 12 heavy (non-hydrogen) atoms. The van der Waals surface area contributed by atoms with E-state index < -0.39 is 0 Å². The summed E-state index contributed by atoms with van der Waals surface area (Å²) < 4.78 is 0. The first-order chi connectivity index (χ1) is 5.81. The average Bonchev–Trinajstić information content (AvgIpc) is 2.11. The standard InChI is InChI=1S/C7H8.C2H2O.C2H6/c1-7-5-3-2-4-6-7;1-2-3;1-2/h2-6H,1H3;1H2;1-2H3. The van der Waals surface area contributed by atoms with Crippen LogP contribution in [0.4, 0.5) is 0 Å². The van der Waals surface area contributed by atoms with Gasteiger partial charge in [0.25, 0.3) is 0 Å². The summed E-state index contributed by atoms with van der Waals surface area (Å²) in [5, 5.41) is 0. The molecule has 0 aliphatic carbocycles. The molecule has 0 fully saturated rings. The van der Waals surface area contributed by atoms with Crippen LogP contribution in [0.25, 0.3) is 0 Å². The van der Waals surface area contributed by atoms with Gasteiger partial charge in [-0.05, 0) is 13.5 Å². The highest BCUT2D eigenvalue weighted by molar-refractivity contribution is 5.38. The van der Waals surface area contributed by atoms with Crippen molar-refractivity contribution >= 4 is 5.94 Å². The van der Waals surface area contributed by atoms with E-state index in [4.69, 9.17) is 4.79 Å². The van der Waals surface area contributed by atoms with Crippen LogP contribution in [0, 0.1) is 6.92 Å². The molecule has 0 bridgehead atoms. The van der Waals surface area contributed by atoms with Crippen molar-refractivity contribution in [3.63, 3.8) is 0 Å². The van der Waals surface area contributed by atoms with Crippen LogP contribution in [-0.2, 0) is 4.79 Å².